The monoisotopic (exact) mass is 433 g/mol. The van der Waals surface area contributed by atoms with Crippen molar-refractivity contribution in [1.82, 2.24) is 20.3 Å². The van der Waals surface area contributed by atoms with Crippen LogP contribution in [0.4, 0.5) is 23.1 Å². The zero-order valence-electron chi connectivity index (χ0n) is 19.2. The topological polar surface area (TPSA) is 78.3 Å². The molecular formula is C24H25B2N7. The number of pyridine rings is 1. The Labute approximate surface area is 197 Å². The maximum absolute atomic E-state index is 6.36. The molecule has 0 spiro atoms. The van der Waals surface area contributed by atoms with Crippen molar-refractivity contribution in [2.75, 3.05) is 36.4 Å². The Morgan fingerprint density at radius 2 is 1.82 bits per heavy atom. The molecule has 1 fully saturated rings. The Morgan fingerprint density at radius 3 is 2.55 bits per heavy atom. The molecule has 5 rings (SSSR count). The number of benzene rings is 1. The minimum absolute atomic E-state index is 0.196. The highest BCUT2D eigenvalue weighted by Gasteiger charge is 2.33. The number of hydrogen-bond donors (Lipinski definition) is 2. The van der Waals surface area contributed by atoms with Gasteiger partial charge in [-0.1, -0.05) is 30.8 Å². The summed E-state index contributed by atoms with van der Waals surface area (Å²) in [7, 11) is 12.6. The number of aromatic nitrogens is 3. The second kappa shape index (κ2) is 8.30. The van der Waals surface area contributed by atoms with E-state index in [0.29, 0.717) is 28.4 Å². The highest BCUT2D eigenvalue weighted by Crippen LogP contribution is 2.40. The maximum Gasteiger partial charge on any atom is 0.228 e. The first kappa shape index (κ1) is 21.6. The number of fused-ring (bicyclic) bond motifs is 1. The van der Waals surface area contributed by atoms with E-state index < -0.39 is 0 Å². The van der Waals surface area contributed by atoms with E-state index in [1.807, 2.05) is 25.3 Å². The van der Waals surface area contributed by atoms with Crippen LogP contribution in [-0.2, 0) is 5.41 Å². The number of hydrogen-bond acceptors (Lipinski definition) is 7. The molecule has 0 saturated carbocycles. The van der Waals surface area contributed by atoms with Gasteiger partial charge in [0.05, 0.1) is 23.3 Å². The third-order valence-electron chi connectivity index (χ3n) is 6.56. The standard InChI is InChI=1S/C24H25B2N7/c1-14-24(2,3)17-10-15(11-18(25)22(17)30-14)21-19(26)13-29-23(32-21)31-20-5-4-16(12-28-20)33-8-6-27-7-9-33/h4-5,10-13,27H,6-9H2,1-3H3,(H,28,29,31,32). The quantitative estimate of drug-likeness (QED) is 0.610. The highest BCUT2D eigenvalue weighted by molar-refractivity contribution is 6.38. The van der Waals surface area contributed by atoms with Gasteiger partial charge >= 0.3 is 0 Å². The molecule has 2 aromatic heterocycles. The SMILES string of the molecule is [B]c1cnc(Nc2ccc(N3CCNCC3)cn2)nc1-c1cc([B])c2c(c1)C(C)(C)C(C)=N2. The van der Waals surface area contributed by atoms with Crippen LogP contribution < -0.4 is 26.5 Å². The lowest BCUT2D eigenvalue weighted by Gasteiger charge is -2.29. The summed E-state index contributed by atoms with van der Waals surface area (Å²) in [6, 6.07) is 7.95. The van der Waals surface area contributed by atoms with E-state index in [-0.39, 0.29) is 5.41 Å². The Hall–Kier alpha value is -3.19. The van der Waals surface area contributed by atoms with E-state index in [1.165, 1.54) is 0 Å². The fourth-order valence-corrected chi connectivity index (χ4v) is 4.26. The summed E-state index contributed by atoms with van der Waals surface area (Å²) in [6.07, 6.45) is 3.48. The first-order chi connectivity index (χ1) is 15.8. The molecule has 1 aromatic carbocycles. The van der Waals surface area contributed by atoms with Gasteiger partial charge < -0.3 is 15.5 Å². The lowest BCUT2D eigenvalue weighted by atomic mass is 9.77. The second-order valence-corrected chi connectivity index (χ2v) is 9.05. The van der Waals surface area contributed by atoms with Crippen molar-refractivity contribution in [3.05, 3.63) is 42.2 Å². The van der Waals surface area contributed by atoms with Gasteiger partial charge in [0.25, 0.3) is 0 Å². The number of anilines is 3. The third kappa shape index (κ3) is 4.02. The van der Waals surface area contributed by atoms with Crippen LogP contribution in [0.1, 0.15) is 26.3 Å². The van der Waals surface area contributed by atoms with Gasteiger partial charge in [-0.2, -0.15) is 0 Å². The molecule has 0 amide bonds. The number of nitrogens with one attached hydrogen (secondary N) is 2. The van der Waals surface area contributed by atoms with Crippen molar-refractivity contribution in [2.24, 2.45) is 4.99 Å². The van der Waals surface area contributed by atoms with Crippen LogP contribution in [0, 0.1) is 0 Å². The molecule has 2 aliphatic rings. The molecule has 1 saturated heterocycles. The Balaban J connectivity index is 1.42. The molecule has 162 valence electrons. The van der Waals surface area contributed by atoms with Gasteiger partial charge in [-0.15, -0.1) is 0 Å². The maximum atomic E-state index is 6.36. The van der Waals surface area contributed by atoms with Crippen LogP contribution in [0.15, 0.2) is 41.7 Å². The van der Waals surface area contributed by atoms with Crippen molar-refractivity contribution in [3.63, 3.8) is 0 Å². The van der Waals surface area contributed by atoms with Crippen molar-refractivity contribution in [2.45, 2.75) is 26.2 Å². The lowest BCUT2D eigenvalue weighted by molar-refractivity contribution is 0.589. The number of aliphatic imine (C=N–C) groups is 1. The number of piperazine rings is 1. The average Bonchev–Trinajstić information content (AvgIpc) is 3.05. The molecule has 4 radical (unpaired) electrons. The summed E-state index contributed by atoms with van der Waals surface area (Å²) in [5.74, 6) is 1.09. The molecular weight excluding hydrogens is 408 g/mol. The first-order valence-corrected chi connectivity index (χ1v) is 11.1. The molecule has 7 nitrogen and oxygen atoms in total. The molecule has 9 heteroatoms. The second-order valence-electron chi connectivity index (χ2n) is 9.05. The van der Waals surface area contributed by atoms with Gasteiger partial charge in [0.2, 0.25) is 5.95 Å². The number of nitrogens with zero attached hydrogens (tertiary/aromatic N) is 5. The van der Waals surface area contributed by atoms with E-state index in [4.69, 9.17) is 15.7 Å². The molecule has 0 bridgehead atoms. The van der Waals surface area contributed by atoms with Gasteiger partial charge in [0.1, 0.15) is 21.5 Å². The Kier molecular flexibility index (Phi) is 5.44. The van der Waals surface area contributed by atoms with Gasteiger partial charge in [0, 0.05) is 43.5 Å². The van der Waals surface area contributed by atoms with Crippen molar-refractivity contribution < 1.29 is 0 Å². The van der Waals surface area contributed by atoms with E-state index in [1.54, 1.807) is 6.20 Å². The van der Waals surface area contributed by atoms with E-state index in [9.17, 15) is 0 Å². The summed E-state index contributed by atoms with van der Waals surface area (Å²) in [6.45, 7) is 10.2. The molecule has 33 heavy (non-hydrogen) atoms. The predicted octanol–water partition coefficient (Wildman–Crippen LogP) is 1.66. The summed E-state index contributed by atoms with van der Waals surface area (Å²) in [4.78, 5) is 20.6. The van der Waals surface area contributed by atoms with Crippen LogP contribution in [-0.4, -0.2) is 62.5 Å². The van der Waals surface area contributed by atoms with Crippen LogP contribution in [0.25, 0.3) is 11.3 Å². The smallest absolute Gasteiger partial charge is 0.228 e. The Morgan fingerprint density at radius 1 is 1.03 bits per heavy atom. The van der Waals surface area contributed by atoms with Crippen molar-refractivity contribution >= 4 is 55.5 Å². The number of rotatable bonds is 4. The van der Waals surface area contributed by atoms with Crippen molar-refractivity contribution in [1.29, 1.82) is 0 Å². The first-order valence-electron chi connectivity index (χ1n) is 11.1. The summed E-state index contributed by atoms with van der Waals surface area (Å²) < 4.78 is 0. The molecule has 3 aromatic rings. The van der Waals surface area contributed by atoms with E-state index >= 15 is 0 Å². The normalized spacial score (nSPS) is 16.9. The summed E-state index contributed by atoms with van der Waals surface area (Å²) >= 11 is 0. The summed E-state index contributed by atoms with van der Waals surface area (Å²) in [5.41, 5.74) is 6.42. The highest BCUT2D eigenvalue weighted by atomic mass is 15.2. The van der Waals surface area contributed by atoms with Gasteiger partial charge in [-0.3, -0.25) is 4.99 Å². The molecule has 0 aliphatic carbocycles. The van der Waals surface area contributed by atoms with Crippen LogP contribution >= 0.6 is 0 Å². The lowest BCUT2D eigenvalue weighted by Crippen LogP contribution is -2.43. The average molecular weight is 433 g/mol. The molecule has 0 unspecified atom stereocenters. The summed E-state index contributed by atoms with van der Waals surface area (Å²) in [5, 5.41) is 6.55. The predicted molar refractivity (Wildman–Crippen MR) is 137 cm³/mol. The third-order valence-corrected chi connectivity index (χ3v) is 6.56. The fourth-order valence-electron chi connectivity index (χ4n) is 4.26. The minimum atomic E-state index is -0.196. The van der Waals surface area contributed by atoms with Crippen LogP contribution in [0.2, 0.25) is 0 Å². The fraction of sp³-hybridized carbons (Fsp3) is 0.333. The minimum Gasteiger partial charge on any atom is -0.368 e. The van der Waals surface area contributed by atoms with E-state index in [0.717, 1.165) is 54.4 Å². The zero-order valence-corrected chi connectivity index (χ0v) is 19.2. The van der Waals surface area contributed by atoms with Gasteiger partial charge in [-0.05, 0) is 36.2 Å². The largest absolute Gasteiger partial charge is 0.368 e. The van der Waals surface area contributed by atoms with Crippen molar-refractivity contribution in [3.8, 4) is 11.3 Å². The van der Waals surface area contributed by atoms with Crippen LogP contribution in [0.5, 0.6) is 0 Å². The molecule has 2 aliphatic heterocycles. The van der Waals surface area contributed by atoms with Crippen LogP contribution in [0.3, 0.4) is 0 Å². The van der Waals surface area contributed by atoms with Gasteiger partial charge in [0.15, 0.2) is 0 Å². The zero-order chi connectivity index (χ0) is 23.2. The van der Waals surface area contributed by atoms with E-state index in [2.05, 4.69) is 61.5 Å². The molecule has 0 atom stereocenters. The molecule has 4 heterocycles. The van der Waals surface area contributed by atoms with Gasteiger partial charge in [-0.25, -0.2) is 15.0 Å². The Bertz CT molecular complexity index is 1230. The molecule has 2 N–H and O–H groups in total.